The van der Waals surface area contributed by atoms with Crippen molar-refractivity contribution in [3.63, 3.8) is 0 Å². The Morgan fingerprint density at radius 3 is 3.00 bits per heavy atom. The summed E-state index contributed by atoms with van der Waals surface area (Å²) < 4.78 is 14.3. The first-order valence-corrected chi connectivity index (χ1v) is 5.36. The normalized spacial score (nSPS) is 11.0. The Morgan fingerprint density at radius 1 is 1.50 bits per heavy atom. The van der Waals surface area contributed by atoms with Gasteiger partial charge in [-0.15, -0.1) is 0 Å². The van der Waals surface area contributed by atoms with Gasteiger partial charge < -0.3 is 5.73 Å². The van der Waals surface area contributed by atoms with E-state index in [-0.39, 0.29) is 5.82 Å². The second-order valence-corrected chi connectivity index (χ2v) is 4.29. The number of anilines is 1. The van der Waals surface area contributed by atoms with Gasteiger partial charge in [0.2, 0.25) is 0 Å². The van der Waals surface area contributed by atoms with E-state index in [4.69, 9.17) is 5.73 Å². The van der Waals surface area contributed by atoms with Gasteiger partial charge in [-0.05, 0) is 24.1 Å². The number of aryl methyl sites for hydroxylation is 1. The van der Waals surface area contributed by atoms with E-state index in [1.165, 1.54) is 11.3 Å². The summed E-state index contributed by atoms with van der Waals surface area (Å²) in [6.07, 6.45) is 1.91. The molecule has 0 spiro atoms. The summed E-state index contributed by atoms with van der Waals surface area (Å²) in [5.41, 5.74) is 6.93. The molecule has 74 valence electrons. The highest BCUT2D eigenvalue weighted by molar-refractivity contribution is 7.22. The van der Waals surface area contributed by atoms with E-state index in [9.17, 15) is 4.39 Å². The summed E-state index contributed by atoms with van der Waals surface area (Å²) in [6.45, 7) is 2.07. The molecule has 0 unspecified atom stereocenters. The van der Waals surface area contributed by atoms with Gasteiger partial charge in [-0.25, -0.2) is 9.37 Å². The van der Waals surface area contributed by atoms with Crippen LogP contribution in [0.25, 0.3) is 10.2 Å². The average Bonchev–Trinajstić information content (AvgIpc) is 2.47. The lowest BCUT2D eigenvalue weighted by Gasteiger charge is -1.98. The van der Waals surface area contributed by atoms with E-state index in [1.54, 1.807) is 6.07 Å². The summed E-state index contributed by atoms with van der Waals surface area (Å²) in [6, 6.07) is 3.51. The van der Waals surface area contributed by atoms with E-state index in [0.29, 0.717) is 10.6 Å². The first kappa shape index (κ1) is 9.40. The van der Waals surface area contributed by atoms with Crippen LogP contribution in [0, 0.1) is 5.82 Å². The van der Waals surface area contributed by atoms with Crippen molar-refractivity contribution in [3.05, 3.63) is 23.5 Å². The third kappa shape index (κ3) is 1.57. The van der Waals surface area contributed by atoms with Gasteiger partial charge in [0.15, 0.2) is 10.9 Å². The number of rotatable bonds is 2. The quantitative estimate of drug-likeness (QED) is 0.827. The molecule has 0 aliphatic rings. The van der Waals surface area contributed by atoms with E-state index >= 15 is 0 Å². The maximum Gasteiger partial charge on any atom is 0.181 e. The van der Waals surface area contributed by atoms with E-state index in [1.807, 2.05) is 6.07 Å². The highest BCUT2D eigenvalue weighted by Gasteiger charge is 2.08. The van der Waals surface area contributed by atoms with Crippen LogP contribution in [0.5, 0.6) is 0 Å². The molecule has 0 saturated heterocycles. The molecule has 0 saturated carbocycles. The summed E-state index contributed by atoms with van der Waals surface area (Å²) in [4.78, 5) is 3.94. The molecule has 1 aromatic carbocycles. The number of hydrogen-bond donors (Lipinski definition) is 1. The Hall–Kier alpha value is -1.16. The minimum Gasteiger partial charge on any atom is -0.375 e. The Morgan fingerprint density at radius 2 is 2.29 bits per heavy atom. The summed E-state index contributed by atoms with van der Waals surface area (Å²) in [7, 11) is 0. The second-order valence-electron chi connectivity index (χ2n) is 3.23. The van der Waals surface area contributed by atoms with Gasteiger partial charge in [-0.2, -0.15) is 0 Å². The lowest BCUT2D eigenvalue weighted by molar-refractivity contribution is 0.635. The SMILES string of the molecule is CCCc1cc(F)c2nc(N)sc2c1. The van der Waals surface area contributed by atoms with Crippen LogP contribution in [0.3, 0.4) is 0 Å². The lowest BCUT2D eigenvalue weighted by atomic mass is 10.1. The largest absolute Gasteiger partial charge is 0.375 e. The standard InChI is InChI=1S/C10H11FN2S/c1-2-3-6-4-7(11)9-8(5-6)14-10(12)13-9/h4-5H,2-3H2,1H3,(H2,12,13). The second kappa shape index (κ2) is 3.53. The Labute approximate surface area is 85.6 Å². The van der Waals surface area contributed by atoms with Crippen LogP contribution in [0.1, 0.15) is 18.9 Å². The van der Waals surface area contributed by atoms with Gasteiger partial charge in [0.05, 0.1) is 4.70 Å². The number of benzene rings is 1. The van der Waals surface area contributed by atoms with Crippen LogP contribution in [0.4, 0.5) is 9.52 Å². The van der Waals surface area contributed by atoms with Crippen molar-refractivity contribution in [3.8, 4) is 0 Å². The number of nitrogen functional groups attached to an aromatic ring is 1. The average molecular weight is 210 g/mol. The molecule has 0 aliphatic carbocycles. The zero-order chi connectivity index (χ0) is 10.1. The molecule has 2 aromatic rings. The fraction of sp³-hybridized carbons (Fsp3) is 0.300. The van der Waals surface area contributed by atoms with Gasteiger partial charge in [0, 0.05) is 0 Å². The number of halogens is 1. The smallest absolute Gasteiger partial charge is 0.181 e. The minimum atomic E-state index is -0.265. The zero-order valence-electron chi connectivity index (χ0n) is 7.88. The molecule has 2 rings (SSSR count). The highest BCUT2D eigenvalue weighted by Crippen LogP contribution is 2.27. The first-order valence-electron chi connectivity index (χ1n) is 4.55. The van der Waals surface area contributed by atoms with E-state index in [2.05, 4.69) is 11.9 Å². The van der Waals surface area contributed by atoms with Crippen LogP contribution in [0.15, 0.2) is 12.1 Å². The van der Waals surface area contributed by atoms with Crippen LogP contribution in [-0.4, -0.2) is 4.98 Å². The van der Waals surface area contributed by atoms with Crippen LogP contribution in [-0.2, 0) is 6.42 Å². The van der Waals surface area contributed by atoms with Gasteiger partial charge in [0.1, 0.15) is 5.52 Å². The minimum absolute atomic E-state index is 0.265. The van der Waals surface area contributed by atoms with Gasteiger partial charge >= 0.3 is 0 Å². The van der Waals surface area contributed by atoms with Gasteiger partial charge in [0.25, 0.3) is 0 Å². The molecule has 1 aromatic heterocycles. The molecule has 0 amide bonds. The molecule has 2 N–H and O–H groups in total. The number of hydrogen-bond acceptors (Lipinski definition) is 3. The lowest BCUT2D eigenvalue weighted by Crippen LogP contribution is -1.86. The first-order chi connectivity index (χ1) is 6.70. The summed E-state index contributed by atoms with van der Waals surface area (Å²) in [5, 5.41) is 0.424. The maximum absolute atomic E-state index is 13.5. The maximum atomic E-state index is 13.5. The molecule has 0 fully saturated rings. The van der Waals surface area contributed by atoms with Crippen LogP contribution >= 0.6 is 11.3 Å². The van der Waals surface area contributed by atoms with Crippen molar-refractivity contribution in [2.75, 3.05) is 5.73 Å². The molecule has 4 heteroatoms. The highest BCUT2D eigenvalue weighted by atomic mass is 32.1. The summed E-state index contributed by atoms with van der Waals surface area (Å²) in [5.74, 6) is -0.265. The monoisotopic (exact) mass is 210 g/mol. The van der Waals surface area contributed by atoms with E-state index < -0.39 is 0 Å². The predicted octanol–water partition coefficient (Wildman–Crippen LogP) is 2.97. The molecule has 0 radical (unpaired) electrons. The summed E-state index contributed by atoms with van der Waals surface area (Å²) >= 11 is 1.33. The molecule has 0 atom stereocenters. The fourth-order valence-corrected chi connectivity index (χ4v) is 2.30. The predicted molar refractivity (Wildman–Crippen MR) is 58.0 cm³/mol. The molecule has 0 bridgehead atoms. The van der Waals surface area contributed by atoms with Gasteiger partial charge in [-0.3, -0.25) is 0 Å². The number of aromatic nitrogens is 1. The van der Waals surface area contributed by atoms with Crippen molar-refractivity contribution in [1.82, 2.24) is 4.98 Å². The fourth-order valence-electron chi connectivity index (χ4n) is 1.49. The number of thiazole rings is 1. The Bertz CT molecular complexity index is 464. The molecule has 0 aliphatic heterocycles. The van der Waals surface area contributed by atoms with Crippen molar-refractivity contribution in [2.45, 2.75) is 19.8 Å². The van der Waals surface area contributed by atoms with Crippen molar-refractivity contribution in [1.29, 1.82) is 0 Å². The molecular formula is C10H11FN2S. The number of fused-ring (bicyclic) bond motifs is 1. The third-order valence-corrected chi connectivity index (χ3v) is 2.89. The topological polar surface area (TPSA) is 38.9 Å². The Balaban J connectivity index is 2.59. The number of nitrogens with zero attached hydrogens (tertiary/aromatic N) is 1. The molecular weight excluding hydrogens is 199 g/mol. The zero-order valence-corrected chi connectivity index (χ0v) is 8.70. The number of nitrogens with two attached hydrogens (primary N) is 1. The van der Waals surface area contributed by atoms with Crippen molar-refractivity contribution in [2.24, 2.45) is 0 Å². The van der Waals surface area contributed by atoms with Crippen LogP contribution < -0.4 is 5.73 Å². The van der Waals surface area contributed by atoms with Crippen molar-refractivity contribution < 1.29 is 4.39 Å². The molecule has 2 nitrogen and oxygen atoms in total. The van der Waals surface area contributed by atoms with E-state index in [0.717, 1.165) is 23.1 Å². The third-order valence-electron chi connectivity index (χ3n) is 2.06. The Kier molecular flexibility index (Phi) is 2.37. The van der Waals surface area contributed by atoms with Gasteiger partial charge in [-0.1, -0.05) is 24.7 Å². The molecule has 1 heterocycles. The molecule has 14 heavy (non-hydrogen) atoms. The van der Waals surface area contributed by atoms with Crippen molar-refractivity contribution >= 4 is 26.7 Å². The van der Waals surface area contributed by atoms with Crippen LogP contribution in [0.2, 0.25) is 0 Å².